The van der Waals surface area contributed by atoms with E-state index in [0.717, 1.165) is 4.90 Å². The molecule has 0 bridgehead atoms. The summed E-state index contributed by atoms with van der Waals surface area (Å²) in [5.41, 5.74) is 1.25. The minimum absolute atomic E-state index is 0.213. The first-order valence-electron chi connectivity index (χ1n) is 6.42. The van der Waals surface area contributed by atoms with Crippen molar-refractivity contribution in [3.63, 3.8) is 0 Å². The normalized spacial score (nSPS) is 11.1. The molecule has 0 heterocycles. The molecular weight excluding hydrogens is 242 g/mol. The van der Waals surface area contributed by atoms with E-state index in [1.807, 2.05) is 4.90 Å². The Bertz CT molecular complexity index is 376. The van der Waals surface area contributed by atoms with Crippen molar-refractivity contribution in [2.45, 2.75) is 51.6 Å². The average Bonchev–Trinajstić information content (AvgIpc) is 2.27. The third-order valence-corrected chi connectivity index (χ3v) is 3.78. The first-order chi connectivity index (χ1) is 8.41. The second kappa shape index (κ2) is 6.83. The fourth-order valence-corrected chi connectivity index (χ4v) is 2.79. The maximum absolute atomic E-state index is 12.2. The molecule has 1 aromatic rings. The molecule has 1 amide bonds. The van der Waals surface area contributed by atoms with Crippen LogP contribution in [0.15, 0.2) is 29.2 Å². The molecule has 1 aromatic carbocycles. The van der Waals surface area contributed by atoms with Crippen LogP contribution in [0.4, 0.5) is 0 Å². The van der Waals surface area contributed by atoms with Gasteiger partial charge in [0.25, 0.3) is 0 Å². The van der Waals surface area contributed by atoms with Crippen molar-refractivity contribution in [1.29, 1.82) is 0 Å². The Kier molecular flexibility index (Phi) is 5.73. The highest BCUT2D eigenvalue weighted by Crippen LogP contribution is 2.19. The summed E-state index contributed by atoms with van der Waals surface area (Å²) in [5, 5.41) is 0. The van der Waals surface area contributed by atoms with Gasteiger partial charge >= 0.3 is 0 Å². The molecule has 0 saturated carbocycles. The lowest BCUT2D eigenvalue weighted by Gasteiger charge is -2.30. The second-order valence-electron chi connectivity index (χ2n) is 5.09. The van der Waals surface area contributed by atoms with Gasteiger partial charge in [-0.1, -0.05) is 17.7 Å². The third-order valence-electron chi connectivity index (χ3n) is 2.78. The van der Waals surface area contributed by atoms with E-state index in [1.165, 1.54) is 5.56 Å². The largest absolute Gasteiger partial charge is 0.337 e. The Hall–Kier alpha value is -0.960. The van der Waals surface area contributed by atoms with E-state index in [4.69, 9.17) is 0 Å². The van der Waals surface area contributed by atoms with Gasteiger partial charge in [-0.2, -0.15) is 0 Å². The lowest BCUT2D eigenvalue weighted by atomic mass is 10.2. The number of carbonyl (C=O) groups is 1. The summed E-state index contributed by atoms with van der Waals surface area (Å²) in [4.78, 5) is 15.3. The van der Waals surface area contributed by atoms with E-state index < -0.39 is 0 Å². The summed E-state index contributed by atoms with van der Waals surface area (Å²) < 4.78 is 0. The van der Waals surface area contributed by atoms with E-state index in [1.54, 1.807) is 11.8 Å². The van der Waals surface area contributed by atoms with Crippen LogP contribution in [0, 0.1) is 6.92 Å². The summed E-state index contributed by atoms with van der Waals surface area (Å²) in [7, 11) is 0. The number of amides is 1. The first-order valence-corrected chi connectivity index (χ1v) is 7.41. The van der Waals surface area contributed by atoms with Crippen LogP contribution in [-0.2, 0) is 4.79 Å². The average molecular weight is 265 g/mol. The van der Waals surface area contributed by atoms with Gasteiger partial charge in [0.05, 0.1) is 5.75 Å². The first kappa shape index (κ1) is 15.1. The molecule has 3 heteroatoms. The molecule has 0 aromatic heterocycles. The molecule has 0 atom stereocenters. The van der Waals surface area contributed by atoms with Crippen LogP contribution in [0.1, 0.15) is 33.3 Å². The van der Waals surface area contributed by atoms with Gasteiger partial charge < -0.3 is 4.90 Å². The van der Waals surface area contributed by atoms with Crippen molar-refractivity contribution in [3.05, 3.63) is 29.8 Å². The Morgan fingerprint density at radius 2 is 1.61 bits per heavy atom. The Labute approximate surface area is 115 Å². The topological polar surface area (TPSA) is 20.3 Å². The summed E-state index contributed by atoms with van der Waals surface area (Å²) in [6.07, 6.45) is 0. The molecule has 18 heavy (non-hydrogen) atoms. The number of hydrogen-bond acceptors (Lipinski definition) is 2. The molecule has 2 nitrogen and oxygen atoms in total. The van der Waals surface area contributed by atoms with E-state index >= 15 is 0 Å². The number of thioether (sulfide) groups is 1. The molecule has 0 unspecified atom stereocenters. The van der Waals surface area contributed by atoms with Crippen molar-refractivity contribution in [2.75, 3.05) is 5.75 Å². The molecular formula is C15H23NOS. The summed E-state index contributed by atoms with van der Waals surface area (Å²) in [6, 6.07) is 8.82. The van der Waals surface area contributed by atoms with Crippen LogP contribution in [0.3, 0.4) is 0 Å². The van der Waals surface area contributed by atoms with Gasteiger partial charge in [0.1, 0.15) is 0 Å². The van der Waals surface area contributed by atoms with Gasteiger partial charge in [-0.25, -0.2) is 0 Å². The number of nitrogens with zero attached hydrogens (tertiary/aromatic N) is 1. The van der Waals surface area contributed by atoms with E-state index in [2.05, 4.69) is 58.9 Å². The minimum Gasteiger partial charge on any atom is -0.337 e. The summed E-state index contributed by atoms with van der Waals surface area (Å²) in [6.45, 7) is 10.3. The van der Waals surface area contributed by atoms with E-state index in [-0.39, 0.29) is 18.0 Å². The van der Waals surface area contributed by atoms with E-state index in [0.29, 0.717) is 5.75 Å². The van der Waals surface area contributed by atoms with Crippen molar-refractivity contribution >= 4 is 17.7 Å². The van der Waals surface area contributed by atoms with Gasteiger partial charge in [0, 0.05) is 17.0 Å². The Morgan fingerprint density at radius 3 is 2.06 bits per heavy atom. The van der Waals surface area contributed by atoms with Crippen molar-refractivity contribution < 1.29 is 4.79 Å². The molecule has 100 valence electrons. The molecule has 1 rings (SSSR count). The lowest BCUT2D eigenvalue weighted by Crippen LogP contribution is -2.43. The van der Waals surface area contributed by atoms with Crippen molar-refractivity contribution in [2.24, 2.45) is 0 Å². The SMILES string of the molecule is Cc1ccc(SCC(=O)N(C(C)C)C(C)C)cc1. The van der Waals surface area contributed by atoms with Crippen LogP contribution in [0.5, 0.6) is 0 Å². The number of benzene rings is 1. The lowest BCUT2D eigenvalue weighted by molar-refractivity contribution is -0.131. The predicted octanol–water partition coefficient (Wildman–Crippen LogP) is 3.73. The molecule has 0 N–H and O–H groups in total. The van der Waals surface area contributed by atoms with Gasteiger partial charge in [-0.15, -0.1) is 11.8 Å². The van der Waals surface area contributed by atoms with Gasteiger partial charge in [-0.05, 0) is 46.8 Å². The van der Waals surface area contributed by atoms with E-state index in [9.17, 15) is 4.79 Å². The Morgan fingerprint density at radius 1 is 1.11 bits per heavy atom. The minimum atomic E-state index is 0.213. The van der Waals surface area contributed by atoms with Gasteiger partial charge in [-0.3, -0.25) is 4.79 Å². The van der Waals surface area contributed by atoms with Crippen LogP contribution < -0.4 is 0 Å². The molecule has 0 aliphatic heterocycles. The van der Waals surface area contributed by atoms with Gasteiger partial charge in [0.15, 0.2) is 0 Å². The molecule has 0 saturated heterocycles. The summed E-state index contributed by atoms with van der Waals surface area (Å²) >= 11 is 1.61. The number of hydrogen-bond donors (Lipinski definition) is 0. The van der Waals surface area contributed by atoms with Crippen LogP contribution in [0.25, 0.3) is 0 Å². The smallest absolute Gasteiger partial charge is 0.233 e. The highest BCUT2D eigenvalue weighted by atomic mass is 32.2. The highest BCUT2D eigenvalue weighted by Gasteiger charge is 2.19. The summed E-state index contributed by atoms with van der Waals surface area (Å²) in [5.74, 6) is 0.727. The van der Waals surface area contributed by atoms with Crippen LogP contribution in [0.2, 0.25) is 0 Å². The Balaban J connectivity index is 2.57. The molecule has 0 aliphatic rings. The zero-order valence-electron chi connectivity index (χ0n) is 11.9. The molecule has 0 radical (unpaired) electrons. The zero-order valence-corrected chi connectivity index (χ0v) is 12.8. The molecule has 0 aliphatic carbocycles. The predicted molar refractivity (Wildman–Crippen MR) is 79.0 cm³/mol. The second-order valence-corrected chi connectivity index (χ2v) is 6.14. The van der Waals surface area contributed by atoms with Crippen LogP contribution >= 0.6 is 11.8 Å². The molecule has 0 fully saturated rings. The fourth-order valence-electron chi connectivity index (χ4n) is 2.03. The van der Waals surface area contributed by atoms with Gasteiger partial charge in [0.2, 0.25) is 5.91 Å². The van der Waals surface area contributed by atoms with Crippen molar-refractivity contribution in [1.82, 2.24) is 4.90 Å². The fraction of sp³-hybridized carbons (Fsp3) is 0.533. The molecule has 0 spiro atoms. The number of carbonyl (C=O) groups excluding carboxylic acids is 1. The number of aryl methyl sites for hydroxylation is 1. The monoisotopic (exact) mass is 265 g/mol. The van der Waals surface area contributed by atoms with Crippen molar-refractivity contribution in [3.8, 4) is 0 Å². The maximum Gasteiger partial charge on any atom is 0.233 e. The maximum atomic E-state index is 12.2. The highest BCUT2D eigenvalue weighted by molar-refractivity contribution is 8.00. The number of rotatable bonds is 5. The quantitative estimate of drug-likeness (QED) is 0.756. The standard InChI is InChI=1S/C15H23NOS/c1-11(2)16(12(3)4)15(17)10-18-14-8-6-13(5)7-9-14/h6-9,11-12H,10H2,1-5H3. The zero-order chi connectivity index (χ0) is 13.7. The van der Waals surface area contributed by atoms with Crippen LogP contribution in [-0.4, -0.2) is 28.6 Å². The third kappa shape index (κ3) is 4.37.